The van der Waals surface area contributed by atoms with Crippen LogP contribution in [0.15, 0.2) is 0 Å². The van der Waals surface area contributed by atoms with Gasteiger partial charge in [0.25, 0.3) is 0 Å². The van der Waals surface area contributed by atoms with Crippen molar-refractivity contribution in [3.05, 3.63) is 0 Å². The summed E-state index contributed by atoms with van der Waals surface area (Å²) in [4.78, 5) is 17.0. The standard InChI is InChI=1S/C16H34N4O/c1-6-17-11-14(4)16(21)18-12-15(13(2)3)20-9-7-19(5)8-10-20/h13-15,17H,6-12H2,1-5H3,(H,18,21). The molecule has 2 N–H and O–H groups in total. The van der Waals surface area contributed by atoms with Gasteiger partial charge in [0, 0.05) is 51.2 Å². The van der Waals surface area contributed by atoms with Gasteiger partial charge in [-0.15, -0.1) is 0 Å². The zero-order valence-corrected chi connectivity index (χ0v) is 14.5. The summed E-state index contributed by atoms with van der Waals surface area (Å²) >= 11 is 0. The second kappa shape index (κ2) is 9.38. The summed E-state index contributed by atoms with van der Waals surface area (Å²) in [5.74, 6) is 0.749. The highest BCUT2D eigenvalue weighted by atomic mass is 16.1. The largest absolute Gasteiger partial charge is 0.354 e. The van der Waals surface area contributed by atoms with Crippen LogP contribution in [0.25, 0.3) is 0 Å². The van der Waals surface area contributed by atoms with Crippen molar-refractivity contribution < 1.29 is 4.79 Å². The van der Waals surface area contributed by atoms with Crippen LogP contribution in [0.2, 0.25) is 0 Å². The van der Waals surface area contributed by atoms with E-state index in [-0.39, 0.29) is 11.8 Å². The number of carbonyl (C=O) groups is 1. The molecule has 1 saturated heterocycles. The van der Waals surface area contributed by atoms with E-state index in [1.54, 1.807) is 0 Å². The minimum atomic E-state index is 0.0326. The predicted molar refractivity (Wildman–Crippen MR) is 88.4 cm³/mol. The van der Waals surface area contributed by atoms with Gasteiger partial charge in [-0.2, -0.15) is 0 Å². The SMILES string of the molecule is CCNCC(C)C(=O)NCC(C(C)C)N1CCN(C)CC1. The number of rotatable bonds is 8. The molecule has 124 valence electrons. The van der Waals surface area contributed by atoms with E-state index in [4.69, 9.17) is 0 Å². The highest BCUT2D eigenvalue weighted by Crippen LogP contribution is 2.13. The average molecular weight is 298 g/mol. The van der Waals surface area contributed by atoms with Crippen molar-refractivity contribution in [3.63, 3.8) is 0 Å². The molecule has 0 aliphatic carbocycles. The molecular weight excluding hydrogens is 264 g/mol. The second-order valence-corrected chi connectivity index (χ2v) is 6.60. The van der Waals surface area contributed by atoms with Crippen LogP contribution in [-0.2, 0) is 4.79 Å². The van der Waals surface area contributed by atoms with E-state index in [1.165, 1.54) is 0 Å². The third kappa shape index (κ3) is 6.32. The van der Waals surface area contributed by atoms with E-state index in [1.807, 2.05) is 6.92 Å². The zero-order chi connectivity index (χ0) is 15.8. The van der Waals surface area contributed by atoms with Gasteiger partial charge in [0.1, 0.15) is 0 Å². The first-order chi connectivity index (χ1) is 9.95. The van der Waals surface area contributed by atoms with Crippen molar-refractivity contribution in [1.82, 2.24) is 20.4 Å². The van der Waals surface area contributed by atoms with Gasteiger partial charge < -0.3 is 15.5 Å². The quantitative estimate of drug-likeness (QED) is 0.690. The van der Waals surface area contributed by atoms with Crippen LogP contribution in [0.1, 0.15) is 27.7 Å². The van der Waals surface area contributed by atoms with Gasteiger partial charge in [0.15, 0.2) is 0 Å². The van der Waals surface area contributed by atoms with E-state index in [9.17, 15) is 4.79 Å². The van der Waals surface area contributed by atoms with E-state index in [0.29, 0.717) is 12.0 Å². The van der Waals surface area contributed by atoms with Gasteiger partial charge >= 0.3 is 0 Å². The van der Waals surface area contributed by atoms with Gasteiger partial charge in [-0.25, -0.2) is 0 Å². The molecule has 2 unspecified atom stereocenters. The van der Waals surface area contributed by atoms with Crippen molar-refractivity contribution in [1.29, 1.82) is 0 Å². The summed E-state index contributed by atoms with van der Waals surface area (Å²) in [5.41, 5.74) is 0. The molecule has 0 saturated carbocycles. The monoisotopic (exact) mass is 298 g/mol. The number of amides is 1. The Kier molecular flexibility index (Phi) is 8.22. The van der Waals surface area contributed by atoms with Gasteiger partial charge in [-0.3, -0.25) is 9.69 Å². The number of carbonyl (C=O) groups excluding carboxylic acids is 1. The van der Waals surface area contributed by atoms with Crippen molar-refractivity contribution in [3.8, 4) is 0 Å². The maximum atomic E-state index is 12.1. The van der Waals surface area contributed by atoms with Crippen molar-refractivity contribution >= 4 is 5.91 Å². The Bertz CT molecular complexity index is 301. The molecule has 5 heteroatoms. The van der Waals surface area contributed by atoms with Crippen LogP contribution in [0.4, 0.5) is 0 Å². The first-order valence-electron chi connectivity index (χ1n) is 8.36. The van der Waals surface area contributed by atoms with Gasteiger partial charge in [0.2, 0.25) is 5.91 Å². The highest BCUT2D eigenvalue weighted by molar-refractivity contribution is 5.78. The van der Waals surface area contributed by atoms with E-state index >= 15 is 0 Å². The van der Waals surface area contributed by atoms with Crippen LogP contribution in [0.3, 0.4) is 0 Å². The lowest BCUT2D eigenvalue weighted by atomic mass is 10.0. The zero-order valence-electron chi connectivity index (χ0n) is 14.5. The van der Waals surface area contributed by atoms with Crippen LogP contribution in [-0.4, -0.2) is 74.6 Å². The number of hydrogen-bond acceptors (Lipinski definition) is 4. The van der Waals surface area contributed by atoms with Crippen LogP contribution >= 0.6 is 0 Å². The first-order valence-corrected chi connectivity index (χ1v) is 8.36. The molecule has 1 fully saturated rings. The fraction of sp³-hybridized carbons (Fsp3) is 0.938. The topological polar surface area (TPSA) is 47.6 Å². The van der Waals surface area contributed by atoms with E-state index in [2.05, 4.69) is 48.3 Å². The molecule has 2 atom stereocenters. The third-order valence-corrected chi connectivity index (χ3v) is 4.41. The smallest absolute Gasteiger partial charge is 0.224 e. The minimum absolute atomic E-state index is 0.0326. The molecule has 1 heterocycles. The molecule has 1 aliphatic heterocycles. The molecule has 21 heavy (non-hydrogen) atoms. The van der Waals surface area contributed by atoms with Crippen LogP contribution in [0, 0.1) is 11.8 Å². The second-order valence-electron chi connectivity index (χ2n) is 6.60. The summed E-state index contributed by atoms with van der Waals surface area (Å²) < 4.78 is 0. The lowest BCUT2D eigenvalue weighted by Gasteiger charge is -2.40. The molecule has 1 rings (SSSR count). The summed E-state index contributed by atoms with van der Waals surface area (Å²) in [6.07, 6.45) is 0. The number of piperazine rings is 1. The molecule has 0 bridgehead atoms. The number of hydrogen-bond donors (Lipinski definition) is 2. The molecule has 0 radical (unpaired) electrons. The number of likely N-dealkylation sites (N-methyl/N-ethyl adjacent to an activating group) is 1. The predicted octanol–water partition coefficient (Wildman–Crippen LogP) is 0.620. The summed E-state index contributed by atoms with van der Waals surface area (Å²) in [7, 11) is 2.17. The van der Waals surface area contributed by atoms with Crippen molar-refractivity contribution in [2.75, 3.05) is 52.9 Å². The van der Waals surface area contributed by atoms with Gasteiger partial charge in [-0.1, -0.05) is 27.7 Å². The Morgan fingerprint density at radius 3 is 2.24 bits per heavy atom. The lowest BCUT2D eigenvalue weighted by Crippen LogP contribution is -2.54. The Morgan fingerprint density at radius 2 is 1.71 bits per heavy atom. The third-order valence-electron chi connectivity index (χ3n) is 4.41. The fourth-order valence-corrected chi connectivity index (χ4v) is 2.77. The molecule has 0 aromatic rings. The number of nitrogens with one attached hydrogen (secondary N) is 2. The molecule has 5 nitrogen and oxygen atoms in total. The minimum Gasteiger partial charge on any atom is -0.354 e. The van der Waals surface area contributed by atoms with Crippen molar-refractivity contribution in [2.24, 2.45) is 11.8 Å². The van der Waals surface area contributed by atoms with E-state index in [0.717, 1.165) is 45.8 Å². The Balaban J connectivity index is 2.42. The molecule has 1 aliphatic rings. The number of nitrogens with zero attached hydrogens (tertiary/aromatic N) is 2. The highest BCUT2D eigenvalue weighted by Gasteiger charge is 2.25. The van der Waals surface area contributed by atoms with Crippen LogP contribution in [0.5, 0.6) is 0 Å². The maximum Gasteiger partial charge on any atom is 0.224 e. The van der Waals surface area contributed by atoms with Gasteiger partial charge in [-0.05, 0) is 19.5 Å². The fourth-order valence-electron chi connectivity index (χ4n) is 2.77. The summed E-state index contributed by atoms with van der Waals surface area (Å²) in [6.45, 7) is 15.4. The molecule has 0 aromatic heterocycles. The Labute approximate surface area is 130 Å². The molecule has 1 amide bonds. The van der Waals surface area contributed by atoms with Crippen molar-refractivity contribution in [2.45, 2.75) is 33.7 Å². The summed E-state index contributed by atoms with van der Waals surface area (Å²) in [6, 6.07) is 0.439. The van der Waals surface area contributed by atoms with Crippen LogP contribution < -0.4 is 10.6 Å². The summed E-state index contributed by atoms with van der Waals surface area (Å²) in [5, 5.41) is 6.38. The average Bonchev–Trinajstić information content (AvgIpc) is 2.46. The van der Waals surface area contributed by atoms with Gasteiger partial charge in [0.05, 0.1) is 0 Å². The molecule has 0 aromatic carbocycles. The Hall–Kier alpha value is -0.650. The van der Waals surface area contributed by atoms with E-state index < -0.39 is 0 Å². The Morgan fingerprint density at radius 1 is 1.10 bits per heavy atom. The first kappa shape index (κ1) is 18.4. The molecule has 0 spiro atoms. The molecular formula is C16H34N4O. The maximum absolute atomic E-state index is 12.1. The normalized spacial score (nSPS) is 20.5. The lowest BCUT2D eigenvalue weighted by molar-refractivity contribution is -0.124.